The Kier molecular flexibility index (Phi) is 5.30. The quantitative estimate of drug-likeness (QED) is 0.547. The first-order valence-electron chi connectivity index (χ1n) is 6.38. The fourth-order valence-electron chi connectivity index (χ4n) is 1.85. The van der Waals surface area contributed by atoms with E-state index in [1.54, 1.807) is 11.8 Å². The van der Waals surface area contributed by atoms with Gasteiger partial charge < -0.3 is 0 Å². The van der Waals surface area contributed by atoms with Gasteiger partial charge in [-0.05, 0) is 25.0 Å². The van der Waals surface area contributed by atoms with Crippen molar-refractivity contribution >= 4 is 35.0 Å². The Morgan fingerprint density at radius 2 is 1.80 bits per heavy atom. The minimum atomic E-state index is 0.216. The van der Waals surface area contributed by atoms with Crippen LogP contribution < -0.4 is 0 Å². The van der Waals surface area contributed by atoms with Crippen LogP contribution in [0.25, 0.3) is 0 Å². The molecular weight excluding hydrogens is 311 g/mol. The van der Waals surface area contributed by atoms with E-state index in [9.17, 15) is 0 Å². The molecule has 0 atom stereocenters. The van der Waals surface area contributed by atoms with Crippen molar-refractivity contribution in [2.24, 2.45) is 0 Å². The number of halogens is 2. The summed E-state index contributed by atoms with van der Waals surface area (Å²) in [5, 5.41) is 0.916. The van der Waals surface area contributed by atoms with Crippen molar-refractivity contribution in [3.8, 4) is 0 Å². The van der Waals surface area contributed by atoms with Gasteiger partial charge in [-0.15, -0.1) is 11.8 Å². The van der Waals surface area contributed by atoms with Gasteiger partial charge in [0.2, 0.25) is 0 Å². The molecule has 20 heavy (non-hydrogen) atoms. The molecule has 0 saturated heterocycles. The Bertz CT molecular complexity index is 592. The maximum absolute atomic E-state index is 6.19. The zero-order chi connectivity index (χ0) is 14.7. The molecular formula is C15H16Cl2N2S. The summed E-state index contributed by atoms with van der Waals surface area (Å²) in [6.07, 6.45) is 0. The van der Waals surface area contributed by atoms with Crippen LogP contribution in [0.5, 0.6) is 0 Å². The molecule has 0 aliphatic heterocycles. The summed E-state index contributed by atoms with van der Waals surface area (Å²) < 4.78 is 0. The van der Waals surface area contributed by atoms with Crippen LogP contribution >= 0.6 is 35.0 Å². The molecule has 0 spiro atoms. The second-order valence-electron chi connectivity index (χ2n) is 4.90. The molecule has 0 unspecified atom stereocenters. The van der Waals surface area contributed by atoms with Gasteiger partial charge in [-0.2, -0.15) is 0 Å². The lowest BCUT2D eigenvalue weighted by molar-refractivity contribution is 0.837. The topological polar surface area (TPSA) is 25.8 Å². The number of aromatic nitrogens is 2. The first kappa shape index (κ1) is 15.6. The van der Waals surface area contributed by atoms with Crippen LogP contribution in [-0.4, -0.2) is 9.97 Å². The molecule has 5 heteroatoms. The van der Waals surface area contributed by atoms with E-state index < -0.39 is 0 Å². The van der Waals surface area contributed by atoms with E-state index in [4.69, 9.17) is 23.2 Å². The molecule has 1 heterocycles. The van der Waals surface area contributed by atoms with E-state index in [0.29, 0.717) is 21.9 Å². The lowest BCUT2D eigenvalue weighted by Gasteiger charge is -2.10. The Morgan fingerprint density at radius 1 is 1.15 bits per heavy atom. The summed E-state index contributed by atoms with van der Waals surface area (Å²) in [7, 11) is 0. The first-order chi connectivity index (χ1) is 9.47. The second kappa shape index (κ2) is 6.79. The van der Waals surface area contributed by atoms with Gasteiger partial charge in [0.05, 0.1) is 5.75 Å². The molecule has 2 rings (SSSR count). The van der Waals surface area contributed by atoms with E-state index in [1.807, 2.05) is 19.9 Å². The van der Waals surface area contributed by atoms with Crippen molar-refractivity contribution in [2.75, 3.05) is 0 Å². The molecule has 0 fully saturated rings. The van der Waals surface area contributed by atoms with Crippen LogP contribution in [0.15, 0.2) is 29.2 Å². The molecule has 1 aromatic carbocycles. The van der Waals surface area contributed by atoms with Crippen molar-refractivity contribution in [3.63, 3.8) is 0 Å². The largest absolute Gasteiger partial charge is 0.220 e. The van der Waals surface area contributed by atoms with Crippen LogP contribution in [0.4, 0.5) is 0 Å². The zero-order valence-corrected chi connectivity index (χ0v) is 14.0. The zero-order valence-electron chi connectivity index (χ0n) is 11.7. The van der Waals surface area contributed by atoms with Gasteiger partial charge >= 0.3 is 0 Å². The molecule has 0 aliphatic carbocycles. The molecule has 0 bridgehead atoms. The van der Waals surface area contributed by atoms with Gasteiger partial charge in [-0.3, -0.25) is 0 Å². The van der Waals surface area contributed by atoms with E-state index in [0.717, 1.165) is 5.56 Å². The maximum atomic E-state index is 6.19. The third-order valence-corrected chi connectivity index (χ3v) is 4.40. The van der Waals surface area contributed by atoms with Crippen LogP contribution in [0.3, 0.4) is 0 Å². The summed E-state index contributed by atoms with van der Waals surface area (Å²) in [6.45, 7) is 6.13. The fourth-order valence-corrected chi connectivity index (χ4v) is 3.58. The van der Waals surface area contributed by atoms with Crippen molar-refractivity contribution in [2.45, 2.75) is 37.3 Å². The Balaban J connectivity index is 2.15. The Hall–Kier alpha value is -0.770. The minimum Gasteiger partial charge on any atom is -0.220 e. The average molecular weight is 327 g/mol. The molecule has 2 nitrogen and oxygen atoms in total. The van der Waals surface area contributed by atoms with Crippen molar-refractivity contribution in [1.82, 2.24) is 9.97 Å². The summed E-state index contributed by atoms with van der Waals surface area (Å²) >= 11 is 14.1. The van der Waals surface area contributed by atoms with Crippen LogP contribution in [0, 0.1) is 6.92 Å². The summed E-state index contributed by atoms with van der Waals surface area (Å²) in [5.74, 6) is 1.53. The fraction of sp³-hybridized carbons (Fsp3) is 0.333. The molecule has 1 aromatic heterocycles. The predicted molar refractivity (Wildman–Crippen MR) is 86.9 cm³/mol. The molecule has 0 amide bonds. The van der Waals surface area contributed by atoms with Crippen LogP contribution in [-0.2, 0) is 5.75 Å². The number of thioether (sulfide) groups is 1. The molecule has 0 radical (unpaired) electrons. The van der Waals surface area contributed by atoms with Crippen molar-refractivity contribution < 1.29 is 0 Å². The number of hydrogen-bond donors (Lipinski definition) is 0. The molecule has 2 aromatic rings. The second-order valence-corrected chi connectivity index (χ2v) is 6.66. The monoisotopic (exact) mass is 326 g/mol. The normalized spacial score (nSPS) is 11.1. The summed E-state index contributed by atoms with van der Waals surface area (Å²) in [4.78, 5) is 9.87. The van der Waals surface area contributed by atoms with Gasteiger partial charge in [0.15, 0.2) is 0 Å². The number of rotatable bonds is 4. The van der Waals surface area contributed by atoms with Crippen molar-refractivity contribution in [3.05, 3.63) is 51.5 Å². The van der Waals surface area contributed by atoms with Gasteiger partial charge in [0.25, 0.3) is 0 Å². The first-order valence-corrected chi connectivity index (χ1v) is 8.13. The minimum absolute atomic E-state index is 0.216. The lowest BCUT2D eigenvalue weighted by Crippen LogP contribution is -2.01. The van der Waals surface area contributed by atoms with E-state index in [1.165, 1.54) is 10.5 Å². The lowest BCUT2D eigenvalue weighted by atomic mass is 10.1. The molecule has 0 N–H and O–H groups in total. The molecule has 0 aliphatic rings. The smallest absolute Gasteiger partial charge is 0.142 e. The van der Waals surface area contributed by atoms with Gasteiger partial charge in [0, 0.05) is 10.5 Å². The SMILES string of the molecule is Cc1cccc(SCc2nc(Cl)c(C(C)C)c(Cl)n2)c1. The number of nitrogens with zero attached hydrogens (tertiary/aromatic N) is 2. The molecule has 106 valence electrons. The average Bonchev–Trinajstić information content (AvgIpc) is 2.35. The highest BCUT2D eigenvalue weighted by Gasteiger charge is 2.14. The van der Waals surface area contributed by atoms with E-state index in [-0.39, 0.29) is 5.92 Å². The Morgan fingerprint density at radius 3 is 2.35 bits per heavy atom. The standard InChI is InChI=1S/C15H16Cl2N2S/c1-9(2)13-14(16)18-12(19-15(13)17)8-20-11-6-4-5-10(3)7-11/h4-7,9H,8H2,1-3H3. The van der Waals surface area contributed by atoms with Gasteiger partial charge in [0.1, 0.15) is 16.1 Å². The highest BCUT2D eigenvalue weighted by atomic mass is 35.5. The third-order valence-electron chi connectivity index (χ3n) is 2.83. The van der Waals surface area contributed by atoms with E-state index in [2.05, 4.69) is 35.1 Å². The molecule has 0 saturated carbocycles. The summed E-state index contributed by atoms with van der Waals surface area (Å²) in [6, 6.07) is 8.33. The number of benzene rings is 1. The Labute approximate surface area is 133 Å². The van der Waals surface area contributed by atoms with Crippen molar-refractivity contribution in [1.29, 1.82) is 0 Å². The van der Waals surface area contributed by atoms with Gasteiger partial charge in [-0.1, -0.05) is 54.7 Å². The highest BCUT2D eigenvalue weighted by molar-refractivity contribution is 7.98. The summed E-state index contributed by atoms with van der Waals surface area (Å²) in [5.41, 5.74) is 2.06. The third kappa shape index (κ3) is 3.87. The van der Waals surface area contributed by atoms with Gasteiger partial charge in [-0.25, -0.2) is 9.97 Å². The predicted octanol–water partition coefficient (Wildman–Crippen LogP) is 5.51. The number of aryl methyl sites for hydroxylation is 1. The van der Waals surface area contributed by atoms with E-state index >= 15 is 0 Å². The van der Waals surface area contributed by atoms with Crippen LogP contribution in [0.1, 0.15) is 36.7 Å². The van der Waals surface area contributed by atoms with Crippen LogP contribution in [0.2, 0.25) is 10.3 Å². The number of hydrogen-bond acceptors (Lipinski definition) is 3. The maximum Gasteiger partial charge on any atom is 0.142 e. The highest BCUT2D eigenvalue weighted by Crippen LogP contribution is 2.30.